The van der Waals surface area contributed by atoms with Gasteiger partial charge in [-0.05, 0) is 12.3 Å². The lowest BCUT2D eigenvalue weighted by atomic mass is 9.96. The molecular formula is C7H12O3. The first-order chi connectivity index (χ1) is 4.77. The van der Waals surface area contributed by atoms with Gasteiger partial charge in [0.25, 0.3) is 0 Å². The van der Waals surface area contributed by atoms with Gasteiger partial charge in [-0.3, -0.25) is 0 Å². The molecule has 3 nitrogen and oxygen atoms in total. The lowest BCUT2D eigenvalue weighted by Crippen LogP contribution is -2.37. The first-order valence-corrected chi connectivity index (χ1v) is 3.72. The first kappa shape index (κ1) is 6.58. The van der Waals surface area contributed by atoms with Crippen LogP contribution in [0.3, 0.4) is 0 Å². The molecule has 0 spiro atoms. The fourth-order valence-corrected chi connectivity index (χ4v) is 1.58. The van der Waals surface area contributed by atoms with E-state index in [-0.39, 0.29) is 12.4 Å². The van der Waals surface area contributed by atoms with E-state index in [1.54, 1.807) is 0 Å². The van der Waals surface area contributed by atoms with E-state index in [1.165, 1.54) is 0 Å². The molecule has 2 aliphatic rings. The maximum atomic E-state index is 9.32. The zero-order valence-corrected chi connectivity index (χ0v) is 5.99. The minimum Gasteiger partial charge on any atom is -0.388 e. The van der Waals surface area contributed by atoms with Crippen LogP contribution in [0, 0.1) is 5.92 Å². The van der Waals surface area contributed by atoms with Crippen LogP contribution in [0.1, 0.15) is 13.3 Å². The molecule has 2 aliphatic heterocycles. The Labute approximate surface area is 59.9 Å². The maximum Gasteiger partial charge on any atom is 0.183 e. The Morgan fingerprint density at radius 1 is 1.50 bits per heavy atom. The van der Waals surface area contributed by atoms with Crippen molar-refractivity contribution in [3.63, 3.8) is 0 Å². The minimum absolute atomic E-state index is 0.230. The quantitative estimate of drug-likeness (QED) is 0.525. The van der Waals surface area contributed by atoms with E-state index in [0.717, 1.165) is 6.42 Å². The summed E-state index contributed by atoms with van der Waals surface area (Å²) in [5.41, 5.74) is 0. The second-order valence-corrected chi connectivity index (χ2v) is 3.16. The molecule has 0 aromatic carbocycles. The second-order valence-electron chi connectivity index (χ2n) is 3.16. The third kappa shape index (κ3) is 0.856. The van der Waals surface area contributed by atoms with Gasteiger partial charge in [0.2, 0.25) is 0 Å². The van der Waals surface area contributed by atoms with E-state index in [2.05, 4.69) is 6.92 Å². The normalized spacial score (nSPS) is 53.4. The molecule has 2 saturated heterocycles. The van der Waals surface area contributed by atoms with E-state index in [4.69, 9.17) is 9.47 Å². The summed E-state index contributed by atoms with van der Waals surface area (Å²) < 4.78 is 10.5. The third-order valence-electron chi connectivity index (χ3n) is 2.30. The third-order valence-corrected chi connectivity index (χ3v) is 2.30. The van der Waals surface area contributed by atoms with Crippen LogP contribution in [0.5, 0.6) is 0 Å². The van der Waals surface area contributed by atoms with Crippen molar-refractivity contribution in [1.29, 1.82) is 0 Å². The van der Waals surface area contributed by atoms with E-state index in [9.17, 15) is 5.11 Å². The number of aliphatic hydroxyl groups excluding tert-OH is 1. The molecule has 0 saturated carbocycles. The van der Waals surface area contributed by atoms with Crippen LogP contribution >= 0.6 is 0 Å². The van der Waals surface area contributed by atoms with Crippen molar-refractivity contribution in [2.75, 3.05) is 6.61 Å². The Kier molecular flexibility index (Phi) is 1.44. The van der Waals surface area contributed by atoms with E-state index < -0.39 is 6.10 Å². The topological polar surface area (TPSA) is 38.7 Å². The fourth-order valence-electron chi connectivity index (χ4n) is 1.58. The Balaban J connectivity index is 2.09. The van der Waals surface area contributed by atoms with Crippen molar-refractivity contribution >= 4 is 0 Å². The average Bonchev–Trinajstić information content (AvgIpc) is 2.28. The SMILES string of the molecule is C[C@H]1C[C@H](O)[C@@H]2OC[C@H]1O2. The van der Waals surface area contributed by atoms with Gasteiger partial charge in [-0.15, -0.1) is 0 Å². The van der Waals surface area contributed by atoms with Crippen LogP contribution in [0.2, 0.25) is 0 Å². The van der Waals surface area contributed by atoms with Gasteiger partial charge in [-0.1, -0.05) is 6.92 Å². The molecule has 10 heavy (non-hydrogen) atoms. The summed E-state index contributed by atoms with van der Waals surface area (Å²) in [6.45, 7) is 2.74. The van der Waals surface area contributed by atoms with Crippen molar-refractivity contribution < 1.29 is 14.6 Å². The number of rotatable bonds is 0. The average molecular weight is 144 g/mol. The zero-order valence-electron chi connectivity index (χ0n) is 5.99. The smallest absolute Gasteiger partial charge is 0.183 e. The van der Waals surface area contributed by atoms with E-state index >= 15 is 0 Å². The van der Waals surface area contributed by atoms with Crippen LogP contribution in [0.25, 0.3) is 0 Å². The molecule has 2 bridgehead atoms. The molecule has 0 aromatic heterocycles. The molecule has 0 amide bonds. The van der Waals surface area contributed by atoms with Gasteiger partial charge in [-0.2, -0.15) is 0 Å². The molecule has 4 atom stereocenters. The van der Waals surface area contributed by atoms with Crippen LogP contribution in [0.4, 0.5) is 0 Å². The number of ether oxygens (including phenoxy) is 2. The molecule has 2 fully saturated rings. The molecular weight excluding hydrogens is 132 g/mol. The van der Waals surface area contributed by atoms with Gasteiger partial charge in [0.1, 0.15) is 6.10 Å². The van der Waals surface area contributed by atoms with E-state index in [0.29, 0.717) is 12.5 Å². The Hall–Kier alpha value is -0.120. The zero-order chi connectivity index (χ0) is 7.14. The molecule has 0 radical (unpaired) electrons. The molecule has 58 valence electrons. The lowest BCUT2D eigenvalue weighted by molar-refractivity contribution is -0.165. The molecule has 1 N–H and O–H groups in total. The standard InChI is InChI=1S/C7H12O3/c1-4-2-5(8)7-9-3-6(4)10-7/h4-8H,2-3H2,1H3/t4-,5-,6+,7+/m0/s1. The summed E-state index contributed by atoms with van der Waals surface area (Å²) in [5.74, 6) is 0.439. The van der Waals surface area contributed by atoms with E-state index in [1.807, 2.05) is 0 Å². The maximum absolute atomic E-state index is 9.32. The van der Waals surface area contributed by atoms with Crippen molar-refractivity contribution in [2.24, 2.45) is 5.92 Å². The predicted octanol–water partition coefficient (Wildman–Crippen LogP) is 0.129. The van der Waals surface area contributed by atoms with Crippen molar-refractivity contribution in [3.8, 4) is 0 Å². The van der Waals surface area contributed by atoms with Crippen molar-refractivity contribution in [3.05, 3.63) is 0 Å². The highest BCUT2D eigenvalue weighted by Crippen LogP contribution is 2.31. The summed E-state index contributed by atoms with van der Waals surface area (Å²) >= 11 is 0. The monoisotopic (exact) mass is 144 g/mol. The van der Waals surface area contributed by atoms with Crippen molar-refractivity contribution in [2.45, 2.75) is 31.8 Å². The van der Waals surface area contributed by atoms with Gasteiger partial charge in [0.05, 0.1) is 12.7 Å². The van der Waals surface area contributed by atoms with Crippen LogP contribution in [-0.4, -0.2) is 30.2 Å². The van der Waals surface area contributed by atoms with Crippen molar-refractivity contribution in [1.82, 2.24) is 0 Å². The Bertz CT molecular complexity index is 123. The summed E-state index contributed by atoms with van der Waals surface area (Å²) in [7, 11) is 0. The number of aliphatic hydroxyl groups is 1. The highest BCUT2D eigenvalue weighted by molar-refractivity contribution is 4.83. The van der Waals surface area contributed by atoms with Crippen LogP contribution < -0.4 is 0 Å². The van der Waals surface area contributed by atoms with Gasteiger partial charge in [0.15, 0.2) is 6.29 Å². The summed E-state index contributed by atoms with van der Waals surface area (Å²) in [6, 6.07) is 0. The second kappa shape index (κ2) is 2.19. The predicted molar refractivity (Wildman–Crippen MR) is 34.4 cm³/mol. The Morgan fingerprint density at radius 2 is 2.30 bits per heavy atom. The molecule has 0 aliphatic carbocycles. The number of fused-ring (bicyclic) bond motifs is 2. The highest BCUT2D eigenvalue weighted by Gasteiger charge is 2.40. The van der Waals surface area contributed by atoms with Gasteiger partial charge in [-0.25, -0.2) is 0 Å². The Morgan fingerprint density at radius 3 is 3.10 bits per heavy atom. The minimum atomic E-state index is -0.409. The summed E-state index contributed by atoms with van der Waals surface area (Å²) in [5, 5.41) is 9.32. The molecule has 2 heterocycles. The summed E-state index contributed by atoms with van der Waals surface area (Å²) in [4.78, 5) is 0. The van der Waals surface area contributed by atoms with Gasteiger partial charge < -0.3 is 14.6 Å². The number of hydrogen-bond acceptors (Lipinski definition) is 3. The van der Waals surface area contributed by atoms with Crippen LogP contribution in [0.15, 0.2) is 0 Å². The first-order valence-electron chi connectivity index (χ1n) is 3.72. The van der Waals surface area contributed by atoms with Gasteiger partial charge >= 0.3 is 0 Å². The highest BCUT2D eigenvalue weighted by atomic mass is 16.7. The lowest BCUT2D eigenvalue weighted by Gasteiger charge is -2.28. The fraction of sp³-hybridized carbons (Fsp3) is 1.00. The molecule has 2 rings (SSSR count). The largest absolute Gasteiger partial charge is 0.388 e. The molecule has 0 unspecified atom stereocenters. The summed E-state index contributed by atoms with van der Waals surface area (Å²) in [6.07, 6.45) is 0.304. The van der Waals surface area contributed by atoms with Gasteiger partial charge in [0, 0.05) is 0 Å². The molecule has 0 aromatic rings. The molecule has 3 heteroatoms. The van der Waals surface area contributed by atoms with Crippen LogP contribution in [-0.2, 0) is 9.47 Å². The number of hydrogen-bond donors (Lipinski definition) is 1.